The number of phenols is 12. The second-order valence-electron chi connectivity index (χ2n) is 20.5. The van der Waals surface area contributed by atoms with E-state index < -0.39 is 69.0 Å². The van der Waals surface area contributed by atoms with Crippen LogP contribution in [0, 0.1) is 27.7 Å². The maximum atomic E-state index is 12.0. The Bertz CT molecular complexity index is 3360. The molecule has 0 spiro atoms. The zero-order valence-corrected chi connectivity index (χ0v) is 43.9. The standard InChI is InChI=1S/2C30H30O8/c2*1-11(2)19-15-7-13(5)21(27(35)23(15)17(9-31)25(33)29(19)37)22-14(6)8-16-20(12(3)4)30(38)26(34)18(10-32)24(16)28(22)36/h2*7-12,33-38H,1-6H3. The minimum Gasteiger partial charge on any atom is -0.507 e. The lowest BCUT2D eigenvalue weighted by molar-refractivity contribution is 0.111. The zero-order chi connectivity index (χ0) is 56.8. The van der Waals surface area contributed by atoms with Crippen LogP contribution in [0.1, 0.15) is 165 Å². The fourth-order valence-electron chi connectivity index (χ4n) is 11.2. The molecule has 0 amide bonds. The second-order valence-corrected chi connectivity index (χ2v) is 20.5. The quantitative estimate of drug-likeness (QED) is 0.0447. The summed E-state index contributed by atoms with van der Waals surface area (Å²) in [5, 5.41) is 133. The molecule has 0 fully saturated rings. The van der Waals surface area contributed by atoms with Crippen molar-refractivity contribution in [3.8, 4) is 91.2 Å². The van der Waals surface area contributed by atoms with Crippen molar-refractivity contribution in [2.45, 2.75) is 107 Å². The van der Waals surface area contributed by atoms with Crippen LogP contribution >= 0.6 is 0 Å². The van der Waals surface area contributed by atoms with Crippen LogP contribution in [0.4, 0.5) is 0 Å². The Labute approximate surface area is 436 Å². The number of aromatic hydroxyl groups is 12. The van der Waals surface area contributed by atoms with Gasteiger partial charge in [-0.2, -0.15) is 0 Å². The van der Waals surface area contributed by atoms with Crippen LogP contribution in [-0.2, 0) is 0 Å². The Hall–Kier alpha value is -8.92. The zero-order valence-electron chi connectivity index (χ0n) is 43.9. The van der Waals surface area contributed by atoms with E-state index in [9.17, 15) is 80.5 Å². The van der Waals surface area contributed by atoms with Gasteiger partial charge in [-0.15, -0.1) is 0 Å². The molecule has 0 heterocycles. The number of aryl methyl sites for hydroxylation is 4. The second kappa shape index (κ2) is 19.7. The van der Waals surface area contributed by atoms with Crippen LogP contribution in [0.5, 0.6) is 69.0 Å². The summed E-state index contributed by atoms with van der Waals surface area (Å²) < 4.78 is 0. The molecule has 8 aromatic carbocycles. The molecule has 0 saturated heterocycles. The molecule has 0 radical (unpaired) electrons. The fourth-order valence-corrected chi connectivity index (χ4v) is 11.2. The first-order valence-corrected chi connectivity index (χ1v) is 24.4. The number of benzene rings is 8. The highest BCUT2D eigenvalue weighted by Gasteiger charge is 2.32. The molecule has 0 aliphatic carbocycles. The maximum absolute atomic E-state index is 12.0. The Morgan fingerprint density at radius 3 is 0.566 bits per heavy atom. The summed E-state index contributed by atoms with van der Waals surface area (Å²) in [6.07, 6.45) is 1.36. The van der Waals surface area contributed by atoms with E-state index >= 15 is 0 Å². The molecule has 0 unspecified atom stereocenters. The summed E-state index contributed by atoms with van der Waals surface area (Å²) in [7, 11) is 0. The van der Waals surface area contributed by atoms with Gasteiger partial charge in [0.15, 0.2) is 71.1 Å². The molecule has 0 aliphatic rings. The van der Waals surface area contributed by atoms with Gasteiger partial charge in [-0.05, 0) is 95.2 Å². The summed E-state index contributed by atoms with van der Waals surface area (Å²) in [6, 6.07) is 6.62. The van der Waals surface area contributed by atoms with Gasteiger partial charge in [0.05, 0.1) is 22.3 Å². The number of fused-ring (bicyclic) bond motifs is 4. The summed E-state index contributed by atoms with van der Waals surface area (Å²) in [4.78, 5) is 48.0. The Kier molecular flexibility index (Phi) is 14.2. The van der Waals surface area contributed by atoms with Gasteiger partial charge in [-0.25, -0.2) is 0 Å². The summed E-state index contributed by atoms with van der Waals surface area (Å²) in [5.74, 6) is -7.15. The predicted octanol–water partition coefficient (Wildman–Crippen LogP) is 12.8. The number of carbonyl (C=O) groups is 4. The highest BCUT2D eigenvalue weighted by Crippen LogP contribution is 2.57. The monoisotopic (exact) mass is 1040 g/mol. The normalized spacial score (nSPS) is 11.7. The fraction of sp³-hybridized carbons (Fsp3) is 0.267. The van der Waals surface area contributed by atoms with E-state index in [1.807, 2.05) is 0 Å². The van der Waals surface area contributed by atoms with Crippen LogP contribution in [0.25, 0.3) is 65.3 Å². The van der Waals surface area contributed by atoms with Gasteiger partial charge in [-0.1, -0.05) is 79.7 Å². The van der Waals surface area contributed by atoms with Gasteiger partial charge in [-0.3, -0.25) is 19.2 Å². The third-order valence-electron chi connectivity index (χ3n) is 14.4. The lowest BCUT2D eigenvalue weighted by Crippen LogP contribution is -2.01. The molecule has 8 rings (SSSR count). The third-order valence-corrected chi connectivity index (χ3v) is 14.4. The number of carbonyl (C=O) groups excluding carboxylic acids is 4. The van der Waals surface area contributed by atoms with Gasteiger partial charge < -0.3 is 61.3 Å². The van der Waals surface area contributed by atoms with E-state index in [0.717, 1.165) is 0 Å². The molecule has 76 heavy (non-hydrogen) atoms. The Morgan fingerprint density at radius 1 is 0.276 bits per heavy atom. The van der Waals surface area contributed by atoms with E-state index in [0.29, 0.717) is 91.2 Å². The number of hydrogen-bond acceptors (Lipinski definition) is 16. The number of rotatable bonds is 10. The first-order valence-electron chi connectivity index (χ1n) is 24.4. The van der Waals surface area contributed by atoms with Crippen LogP contribution in [0.2, 0.25) is 0 Å². The maximum Gasteiger partial charge on any atom is 0.169 e. The van der Waals surface area contributed by atoms with Crippen molar-refractivity contribution in [1.29, 1.82) is 0 Å². The summed E-state index contributed by atoms with van der Waals surface area (Å²) in [6.45, 7) is 21.1. The average molecular weight is 1040 g/mol. The average Bonchev–Trinajstić information content (AvgIpc) is 3.33. The Morgan fingerprint density at radius 2 is 0.434 bits per heavy atom. The van der Waals surface area contributed by atoms with Crippen molar-refractivity contribution in [2.24, 2.45) is 0 Å². The van der Waals surface area contributed by atoms with E-state index in [-0.39, 0.29) is 89.7 Å². The van der Waals surface area contributed by atoms with Gasteiger partial charge in [0.25, 0.3) is 0 Å². The van der Waals surface area contributed by atoms with E-state index in [1.54, 1.807) is 107 Å². The minimum absolute atomic E-state index is 0.00512. The Balaban J connectivity index is 0.000000221. The molecule has 16 heteroatoms. The van der Waals surface area contributed by atoms with Crippen molar-refractivity contribution in [3.05, 3.63) is 91.0 Å². The lowest BCUT2D eigenvalue weighted by atomic mass is 9.83. The van der Waals surface area contributed by atoms with E-state index in [1.165, 1.54) is 0 Å². The van der Waals surface area contributed by atoms with Crippen LogP contribution < -0.4 is 0 Å². The molecule has 0 bridgehead atoms. The largest absolute Gasteiger partial charge is 0.507 e. The highest BCUT2D eigenvalue weighted by atomic mass is 16.3. The number of aldehydes is 4. The molecule has 8 aromatic rings. The molecule has 0 aromatic heterocycles. The van der Waals surface area contributed by atoms with Gasteiger partial charge in [0, 0.05) is 66.1 Å². The van der Waals surface area contributed by atoms with Crippen molar-refractivity contribution in [1.82, 2.24) is 0 Å². The van der Waals surface area contributed by atoms with Crippen LogP contribution in [0.15, 0.2) is 24.3 Å². The van der Waals surface area contributed by atoms with Crippen molar-refractivity contribution in [2.75, 3.05) is 0 Å². The lowest BCUT2D eigenvalue weighted by Gasteiger charge is -2.23. The van der Waals surface area contributed by atoms with E-state index in [2.05, 4.69) is 0 Å². The molecular formula is C60H60O16. The molecule has 0 atom stereocenters. The first kappa shape index (κ1) is 54.8. The summed E-state index contributed by atoms with van der Waals surface area (Å²) in [5.41, 5.74) is 2.66. The van der Waals surface area contributed by atoms with Crippen molar-refractivity contribution >= 4 is 68.2 Å². The first-order chi connectivity index (χ1) is 35.6. The van der Waals surface area contributed by atoms with Gasteiger partial charge in [0.2, 0.25) is 0 Å². The topological polar surface area (TPSA) is 311 Å². The molecule has 12 N–H and O–H groups in total. The van der Waals surface area contributed by atoms with Crippen LogP contribution in [0.3, 0.4) is 0 Å². The SMILES string of the molecule is Cc1cc2c(C(C)C)c(O)c(O)c(C=O)c2c(O)c1-c1c(C)cc2c(C(C)C)c(O)c(O)c(C=O)c2c1O.Cc1cc2c(C(C)C)c(O)c(O)c(C=O)c2c(O)c1-c1c(C)cc2c(C(C)C)c(O)c(O)c(C=O)c2c1O. The van der Waals surface area contributed by atoms with Gasteiger partial charge >= 0.3 is 0 Å². The summed E-state index contributed by atoms with van der Waals surface area (Å²) >= 11 is 0. The number of hydrogen-bond donors (Lipinski definition) is 12. The third kappa shape index (κ3) is 7.97. The van der Waals surface area contributed by atoms with Gasteiger partial charge in [0.1, 0.15) is 23.0 Å². The molecule has 0 aliphatic heterocycles. The highest BCUT2D eigenvalue weighted by molar-refractivity contribution is 6.16. The van der Waals surface area contributed by atoms with Crippen molar-refractivity contribution in [3.63, 3.8) is 0 Å². The minimum atomic E-state index is -0.661. The molecule has 16 nitrogen and oxygen atoms in total. The number of phenolic OH excluding ortho intramolecular Hbond substituents is 12. The smallest absolute Gasteiger partial charge is 0.169 e. The molecule has 396 valence electrons. The molecular weight excluding hydrogens is 977 g/mol. The molecule has 0 saturated carbocycles. The van der Waals surface area contributed by atoms with E-state index in [4.69, 9.17) is 0 Å². The predicted molar refractivity (Wildman–Crippen MR) is 291 cm³/mol. The van der Waals surface area contributed by atoms with Crippen LogP contribution in [-0.4, -0.2) is 86.4 Å². The van der Waals surface area contributed by atoms with Crippen molar-refractivity contribution < 1.29 is 80.5 Å².